The molecule has 1 fully saturated rings. The summed E-state index contributed by atoms with van der Waals surface area (Å²) in [5.41, 5.74) is 7.69. The predicted octanol–water partition coefficient (Wildman–Crippen LogP) is 3.22. The highest BCUT2D eigenvalue weighted by atomic mass is 79.9. The Morgan fingerprint density at radius 1 is 1.50 bits per heavy atom. The molecule has 1 aliphatic carbocycles. The molecule has 2 rings (SSSR count). The smallest absolute Gasteiger partial charge is 0.0178 e. The Bertz CT molecular complexity index is 337. The van der Waals surface area contributed by atoms with E-state index in [1.165, 1.54) is 12.0 Å². The van der Waals surface area contributed by atoms with E-state index in [0.717, 1.165) is 17.3 Å². The van der Waals surface area contributed by atoms with Crippen molar-refractivity contribution in [2.75, 3.05) is 0 Å². The van der Waals surface area contributed by atoms with Gasteiger partial charge in [0.2, 0.25) is 0 Å². The average Bonchev–Trinajstić information content (AvgIpc) is 2.48. The number of hydrogen-bond acceptors (Lipinski definition) is 1. The lowest BCUT2D eigenvalue weighted by atomic mass is 9.81. The fourth-order valence-corrected chi connectivity index (χ4v) is 2.81. The van der Waals surface area contributed by atoms with Gasteiger partial charge >= 0.3 is 0 Å². The van der Waals surface area contributed by atoms with Gasteiger partial charge in [0.25, 0.3) is 0 Å². The van der Waals surface area contributed by atoms with Crippen molar-refractivity contribution in [1.29, 1.82) is 0 Å². The summed E-state index contributed by atoms with van der Waals surface area (Å²) >= 11 is 3.52. The molecule has 0 spiro atoms. The van der Waals surface area contributed by atoms with Crippen LogP contribution in [-0.4, -0.2) is 6.04 Å². The molecule has 1 saturated carbocycles. The van der Waals surface area contributed by atoms with Gasteiger partial charge in [0.15, 0.2) is 0 Å². The second kappa shape index (κ2) is 3.67. The first-order valence-electron chi connectivity index (χ1n) is 5.12. The third kappa shape index (κ3) is 1.86. The van der Waals surface area contributed by atoms with Crippen LogP contribution < -0.4 is 5.73 Å². The minimum atomic E-state index is 0.295. The van der Waals surface area contributed by atoms with Crippen molar-refractivity contribution in [2.45, 2.75) is 37.6 Å². The van der Waals surface area contributed by atoms with Gasteiger partial charge in [-0.1, -0.05) is 35.0 Å². The second-order valence-electron chi connectivity index (χ2n) is 4.57. The van der Waals surface area contributed by atoms with Crippen molar-refractivity contribution in [3.63, 3.8) is 0 Å². The van der Waals surface area contributed by atoms with Crippen molar-refractivity contribution >= 4 is 15.9 Å². The van der Waals surface area contributed by atoms with Gasteiger partial charge in [-0.3, -0.25) is 0 Å². The molecule has 2 heteroatoms. The third-order valence-electron chi connectivity index (χ3n) is 3.30. The lowest BCUT2D eigenvalue weighted by molar-refractivity contribution is 0.482. The van der Waals surface area contributed by atoms with Gasteiger partial charge in [-0.05, 0) is 42.4 Å². The Kier molecular flexibility index (Phi) is 2.67. The first kappa shape index (κ1) is 10.2. The van der Waals surface area contributed by atoms with E-state index in [1.54, 1.807) is 0 Å². The molecule has 1 nitrogen and oxygen atoms in total. The second-order valence-corrected chi connectivity index (χ2v) is 5.49. The van der Waals surface area contributed by atoms with Gasteiger partial charge in [0, 0.05) is 10.5 Å². The minimum Gasteiger partial charge on any atom is -0.328 e. The zero-order valence-electron chi connectivity index (χ0n) is 8.46. The fraction of sp³-hybridized carbons (Fsp3) is 0.500. The van der Waals surface area contributed by atoms with Crippen LogP contribution in [0.25, 0.3) is 0 Å². The molecule has 0 amide bonds. The van der Waals surface area contributed by atoms with E-state index in [-0.39, 0.29) is 0 Å². The normalized spacial score (nSPS) is 32.1. The van der Waals surface area contributed by atoms with Crippen LogP contribution in [0.4, 0.5) is 0 Å². The van der Waals surface area contributed by atoms with E-state index in [9.17, 15) is 0 Å². The van der Waals surface area contributed by atoms with E-state index >= 15 is 0 Å². The molecule has 0 aromatic heterocycles. The molecule has 0 aliphatic heterocycles. The maximum Gasteiger partial charge on any atom is 0.0178 e. The van der Waals surface area contributed by atoms with Crippen molar-refractivity contribution in [3.8, 4) is 0 Å². The SMILES string of the molecule is CC1(c2cccc(Br)c2)CCC(N)C1. The molecule has 1 aromatic rings. The Morgan fingerprint density at radius 3 is 2.86 bits per heavy atom. The summed E-state index contributed by atoms with van der Waals surface area (Å²) < 4.78 is 1.16. The van der Waals surface area contributed by atoms with Gasteiger partial charge in [-0.2, -0.15) is 0 Å². The molecule has 76 valence electrons. The number of benzene rings is 1. The minimum absolute atomic E-state index is 0.295. The van der Waals surface area contributed by atoms with Crippen LogP contribution in [0.5, 0.6) is 0 Å². The van der Waals surface area contributed by atoms with Gasteiger partial charge in [0.1, 0.15) is 0 Å². The standard InChI is InChI=1S/C12H16BrN/c1-12(6-5-11(14)8-12)9-3-2-4-10(13)7-9/h2-4,7,11H,5-6,8,14H2,1H3. The summed E-state index contributed by atoms with van der Waals surface area (Å²) in [7, 11) is 0. The van der Waals surface area contributed by atoms with E-state index < -0.39 is 0 Å². The van der Waals surface area contributed by atoms with Crippen molar-refractivity contribution in [3.05, 3.63) is 34.3 Å². The lowest BCUT2D eigenvalue weighted by Crippen LogP contribution is -2.22. The summed E-state index contributed by atoms with van der Waals surface area (Å²) in [4.78, 5) is 0. The summed E-state index contributed by atoms with van der Waals surface area (Å²) in [6.45, 7) is 2.32. The molecule has 1 aliphatic rings. The zero-order valence-corrected chi connectivity index (χ0v) is 10.0. The number of rotatable bonds is 1. The maximum atomic E-state index is 5.97. The Balaban J connectivity index is 2.30. The molecule has 0 heterocycles. The van der Waals surface area contributed by atoms with E-state index in [0.29, 0.717) is 11.5 Å². The van der Waals surface area contributed by atoms with Gasteiger partial charge < -0.3 is 5.73 Å². The van der Waals surface area contributed by atoms with Gasteiger partial charge in [-0.25, -0.2) is 0 Å². The molecular formula is C12H16BrN. The molecule has 14 heavy (non-hydrogen) atoms. The summed E-state index contributed by atoms with van der Waals surface area (Å²) in [5, 5.41) is 0. The Hall–Kier alpha value is -0.340. The number of nitrogens with two attached hydrogens (primary N) is 1. The molecule has 1 aromatic carbocycles. The maximum absolute atomic E-state index is 5.97. The highest BCUT2D eigenvalue weighted by Gasteiger charge is 2.34. The number of hydrogen-bond donors (Lipinski definition) is 1. The fourth-order valence-electron chi connectivity index (χ4n) is 2.41. The summed E-state index contributed by atoms with van der Waals surface area (Å²) in [6, 6.07) is 9.00. The average molecular weight is 254 g/mol. The summed E-state index contributed by atoms with van der Waals surface area (Å²) in [5.74, 6) is 0. The molecule has 2 unspecified atom stereocenters. The quantitative estimate of drug-likeness (QED) is 0.818. The van der Waals surface area contributed by atoms with E-state index in [2.05, 4.69) is 47.1 Å². The highest BCUT2D eigenvalue weighted by molar-refractivity contribution is 9.10. The van der Waals surface area contributed by atoms with Crippen LogP contribution in [0.3, 0.4) is 0 Å². The number of halogens is 1. The van der Waals surface area contributed by atoms with Crippen LogP contribution >= 0.6 is 15.9 Å². The molecule has 2 atom stereocenters. The largest absolute Gasteiger partial charge is 0.328 e. The van der Waals surface area contributed by atoms with E-state index in [1.807, 2.05) is 0 Å². The van der Waals surface area contributed by atoms with Crippen molar-refractivity contribution in [1.82, 2.24) is 0 Å². The van der Waals surface area contributed by atoms with Gasteiger partial charge in [-0.15, -0.1) is 0 Å². The van der Waals surface area contributed by atoms with E-state index in [4.69, 9.17) is 5.73 Å². The first-order chi connectivity index (χ1) is 6.60. The van der Waals surface area contributed by atoms with Crippen LogP contribution in [0.15, 0.2) is 28.7 Å². The van der Waals surface area contributed by atoms with Crippen LogP contribution in [0.2, 0.25) is 0 Å². The highest BCUT2D eigenvalue weighted by Crippen LogP contribution is 2.40. The Labute approximate surface area is 93.8 Å². The van der Waals surface area contributed by atoms with Crippen molar-refractivity contribution < 1.29 is 0 Å². The first-order valence-corrected chi connectivity index (χ1v) is 5.91. The zero-order chi connectivity index (χ0) is 10.2. The van der Waals surface area contributed by atoms with Crippen LogP contribution in [0, 0.1) is 0 Å². The monoisotopic (exact) mass is 253 g/mol. The van der Waals surface area contributed by atoms with Crippen molar-refractivity contribution in [2.24, 2.45) is 5.73 Å². The Morgan fingerprint density at radius 2 is 2.29 bits per heavy atom. The topological polar surface area (TPSA) is 26.0 Å². The molecule has 2 N–H and O–H groups in total. The molecule has 0 radical (unpaired) electrons. The predicted molar refractivity (Wildman–Crippen MR) is 63.3 cm³/mol. The van der Waals surface area contributed by atoms with Crippen LogP contribution in [0.1, 0.15) is 31.7 Å². The molecule has 0 saturated heterocycles. The third-order valence-corrected chi connectivity index (χ3v) is 3.79. The van der Waals surface area contributed by atoms with Crippen LogP contribution in [-0.2, 0) is 5.41 Å². The summed E-state index contributed by atoms with van der Waals surface area (Å²) in [6.07, 6.45) is 3.48. The van der Waals surface area contributed by atoms with Gasteiger partial charge in [0.05, 0.1) is 0 Å². The lowest BCUT2D eigenvalue weighted by Gasteiger charge is -2.24. The molecular weight excluding hydrogens is 238 g/mol. The molecule has 0 bridgehead atoms.